The predicted octanol–water partition coefficient (Wildman–Crippen LogP) is 1.39. The molecule has 0 aliphatic heterocycles. The van der Waals surface area contributed by atoms with Gasteiger partial charge in [-0.15, -0.1) is 0 Å². The summed E-state index contributed by atoms with van der Waals surface area (Å²) >= 11 is 0. The van der Waals surface area contributed by atoms with Crippen molar-refractivity contribution in [3.8, 4) is 5.75 Å². The van der Waals surface area contributed by atoms with E-state index in [4.69, 9.17) is 10.5 Å². The summed E-state index contributed by atoms with van der Waals surface area (Å²) in [5.74, 6) is 0.748. The zero-order valence-electron chi connectivity index (χ0n) is 8.94. The van der Waals surface area contributed by atoms with Gasteiger partial charge in [-0.25, -0.2) is 0 Å². The molecule has 2 unspecified atom stereocenters. The van der Waals surface area contributed by atoms with E-state index in [1.165, 1.54) is 0 Å². The molecule has 0 bridgehead atoms. The summed E-state index contributed by atoms with van der Waals surface area (Å²) < 4.78 is 5.27. The number of aliphatic hydroxyl groups excluding tert-OH is 1. The number of aryl methyl sites for hydroxylation is 1. The molecule has 2 atom stereocenters. The minimum Gasteiger partial charge on any atom is -0.496 e. The van der Waals surface area contributed by atoms with E-state index < -0.39 is 6.10 Å². The number of fused-ring (bicyclic) bond motifs is 1. The molecule has 0 spiro atoms. The Morgan fingerprint density at radius 3 is 3.00 bits per heavy atom. The zero-order chi connectivity index (χ0) is 10.8. The normalized spacial score (nSPS) is 25.5. The monoisotopic (exact) mass is 207 g/mol. The summed E-state index contributed by atoms with van der Waals surface area (Å²) in [7, 11) is 1.62. The summed E-state index contributed by atoms with van der Waals surface area (Å²) in [5, 5.41) is 10.1. The van der Waals surface area contributed by atoms with Crippen LogP contribution in [0.15, 0.2) is 18.2 Å². The van der Waals surface area contributed by atoms with Crippen LogP contribution in [-0.2, 0) is 6.42 Å². The molecule has 3 nitrogen and oxygen atoms in total. The Labute approximate surface area is 89.9 Å². The van der Waals surface area contributed by atoms with Crippen molar-refractivity contribution in [2.24, 2.45) is 5.73 Å². The molecular formula is C12H17NO2. The number of hydrogen-bond donors (Lipinski definition) is 2. The lowest BCUT2D eigenvalue weighted by Crippen LogP contribution is -2.27. The highest BCUT2D eigenvalue weighted by molar-refractivity contribution is 5.43. The smallest absolute Gasteiger partial charge is 0.124 e. The molecule has 3 heteroatoms. The van der Waals surface area contributed by atoms with Crippen LogP contribution in [-0.4, -0.2) is 18.3 Å². The summed E-state index contributed by atoms with van der Waals surface area (Å²) in [5.41, 5.74) is 7.95. The largest absolute Gasteiger partial charge is 0.496 e. The molecule has 82 valence electrons. The molecule has 0 radical (unpaired) electrons. The highest BCUT2D eigenvalue weighted by Gasteiger charge is 2.25. The van der Waals surface area contributed by atoms with Gasteiger partial charge in [0.15, 0.2) is 0 Å². The molecule has 0 amide bonds. The summed E-state index contributed by atoms with van der Waals surface area (Å²) in [4.78, 5) is 0. The van der Waals surface area contributed by atoms with Crippen LogP contribution in [0.3, 0.4) is 0 Å². The van der Waals surface area contributed by atoms with Crippen molar-refractivity contribution in [1.29, 1.82) is 0 Å². The fraction of sp³-hybridized carbons (Fsp3) is 0.500. The van der Waals surface area contributed by atoms with Crippen LogP contribution in [0.1, 0.15) is 30.1 Å². The van der Waals surface area contributed by atoms with Crippen molar-refractivity contribution in [2.45, 2.75) is 31.4 Å². The highest BCUT2D eigenvalue weighted by Crippen LogP contribution is 2.34. The van der Waals surface area contributed by atoms with Gasteiger partial charge in [0.1, 0.15) is 5.75 Å². The van der Waals surface area contributed by atoms with Gasteiger partial charge < -0.3 is 15.6 Å². The van der Waals surface area contributed by atoms with Gasteiger partial charge >= 0.3 is 0 Å². The van der Waals surface area contributed by atoms with E-state index >= 15 is 0 Å². The number of nitrogens with two attached hydrogens (primary N) is 1. The second-order valence-electron chi connectivity index (χ2n) is 4.03. The molecule has 0 aromatic heterocycles. The maximum Gasteiger partial charge on any atom is 0.124 e. The first-order chi connectivity index (χ1) is 7.24. The topological polar surface area (TPSA) is 55.5 Å². The van der Waals surface area contributed by atoms with E-state index in [0.717, 1.165) is 36.1 Å². The van der Waals surface area contributed by atoms with Gasteiger partial charge in [0, 0.05) is 11.6 Å². The SMILES string of the molecule is COc1cccc2c1C(O)C(N)CCC2. The number of aliphatic hydroxyl groups is 1. The molecule has 0 fully saturated rings. The Morgan fingerprint density at radius 1 is 1.47 bits per heavy atom. The second kappa shape index (κ2) is 4.21. The predicted molar refractivity (Wildman–Crippen MR) is 58.9 cm³/mol. The van der Waals surface area contributed by atoms with Gasteiger partial charge in [0.2, 0.25) is 0 Å². The lowest BCUT2D eigenvalue weighted by Gasteiger charge is -2.20. The lowest BCUT2D eigenvalue weighted by atomic mass is 9.98. The van der Waals surface area contributed by atoms with E-state index in [9.17, 15) is 5.11 Å². The van der Waals surface area contributed by atoms with Gasteiger partial charge in [-0.3, -0.25) is 0 Å². The lowest BCUT2D eigenvalue weighted by molar-refractivity contribution is 0.141. The van der Waals surface area contributed by atoms with Crippen molar-refractivity contribution in [3.05, 3.63) is 29.3 Å². The summed E-state index contributed by atoms with van der Waals surface area (Å²) in [6.45, 7) is 0. The van der Waals surface area contributed by atoms with Gasteiger partial charge in [0.25, 0.3) is 0 Å². The van der Waals surface area contributed by atoms with Crippen molar-refractivity contribution >= 4 is 0 Å². The Kier molecular flexibility index (Phi) is 2.93. The Bertz CT molecular complexity index is 351. The van der Waals surface area contributed by atoms with Crippen LogP contribution in [0.4, 0.5) is 0 Å². The fourth-order valence-corrected chi connectivity index (χ4v) is 2.22. The molecule has 0 saturated heterocycles. The molecule has 3 N–H and O–H groups in total. The third-order valence-electron chi connectivity index (χ3n) is 3.06. The Morgan fingerprint density at radius 2 is 2.27 bits per heavy atom. The van der Waals surface area contributed by atoms with Gasteiger partial charge in [-0.05, 0) is 30.9 Å². The van der Waals surface area contributed by atoms with E-state index in [2.05, 4.69) is 0 Å². The van der Waals surface area contributed by atoms with Crippen molar-refractivity contribution < 1.29 is 9.84 Å². The summed E-state index contributed by atoms with van der Waals surface area (Å²) in [6.07, 6.45) is 2.26. The highest BCUT2D eigenvalue weighted by atomic mass is 16.5. The molecule has 0 heterocycles. The van der Waals surface area contributed by atoms with Crippen molar-refractivity contribution in [1.82, 2.24) is 0 Å². The van der Waals surface area contributed by atoms with Crippen LogP contribution in [0, 0.1) is 0 Å². The standard InChI is InChI=1S/C12H17NO2/c1-15-10-7-3-5-8-4-2-6-9(13)12(14)11(8)10/h3,5,7,9,12,14H,2,4,6,13H2,1H3. The number of benzene rings is 1. The molecule has 1 aromatic carbocycles. The second-order valence-corrected chi connectivity index (χ2v) is 4.03. The van der Waals surface area contributed by atoms with Crippen molar-refractivity contribution in [2.75, 3.05) is 7.11 Å². The van der Waals surface area contributed by atoms with Crippen LogP contribution in [0.5, 0.6) is 5.75 Å². The minimum absolute atomic E-state index is 0.178. The first-order valence-electron chi connectivity index (χ1n) is 5.33. The van der Waals surface area contributed by atoms with Crippen molar-refractivity contribution in [3.63, 3.8) is 0 Å². The molecular weight excluding hydrogens is 190 g/mol. The van der Waals surface area contributed by atoms with Crippen LogP contribution < -0.4 is 10.5 Å². The first kappa shape index (κ1) is 10.5. The molecule has 0 saturated carbocycles. The fourth-order valence-electron chi connectivity index (χ4n) is 2.22. The number of hydrogen-bond acceptors (Lipinski definition) is 3. The van der Waals surface area contributed by atoms with E-state index in [1.807, 2.05) is 18.2 Å². The van der Waals surface area contributed by atoms with E-state index in [0.29, 0.717) is 0 Å². The first-order valence-corrected chi connectivity index (χ1v) is 5.33. The quantitative estimate of drug-likeness (QED) is 0.684. The average Bonchev–Trinajstić information content (AvgIpc) is 2.40. The molecule has 1 aromatic rings. The Balaban J connectivity index is 2.49. The van der Waals surface area contributed by atoms with Crippen LogP contribution in [0.25, 0.3) is 0 Å². The molecule has 2 rings (SSSR count). The number of ether oxygens (including phenoxy) is 1. The third-order valence-corrected chi connectivity index (χ3v) is 3.06. The average molecular weight is 207 g/mol. The summed E-state index contributed by atoms with van der Waals surface area (Å²) in [6, 6.07) is 5.70. The molecule has 1 aliphatic carbocycles. The molecule has 15 heavy (non-hydrogen) atoms. The third kappa shape index (κ3) is 1.85. The number of rotatable bonds is 1. The minimum atomic E-state index is -0.598. The molecule has 1 aliphatic rings. The number of methoxy groups -OCH3 is 1. The maximum atomic E-state index is 10.1. The van der Waals surface area contributed by atoms with Crippen LogP contribution in [0.2, 0.25) is 0 Å². The van der Waals surface area contributed by atoms with E-state index in [1.54, 1.807) is 7.11 Å². The van der Waals surface area contributed by atoms with Gasteiger partial charge in [0.05, 0.1) is 13.2 Å². The van der Waals surface area contributed by atoms with Crippen LogP contribution >= 0.6 is 0 Å². The van der Waals surface area contributed by atoms with Gasteiger partial charge in [-0.1, -0.05) is 12.1 Å². The maximum absolute atomic E-state index is 10.1. The zero-order valence-corrected chi connectivity index (χ0v) is 8.94. The Hall–Kier alpha value is -1.06. The van der Waals surface area contributed by atoms with Gasteiger partial charge in [-0.2, -0.15) is 0 Å². The van der Waals surface area contributed by atoms with E-state index in [-0.39, 0.29) is 6.04 Å².